The van der Waals surface area contributed by atoms with Crippen LogP contribution in [-0.2, 0) is 4.74 Å². The normalized spacial score (nSPS) is 32.5. The Kier molecular flexibility index (Phi) is 3.95. The molecule has 2 aromatic heterocycles. The van der Waals surface area contributed by atoms with Crippen LogP contribution in [0.5, 0.6) is 0 Å². The number of imidazole rings is 1. The molecule has 1 saturated heterocycles. The summed E-state index contributed by atoms with van der Waals surface area (Å²) in [7, 11) is 0. The van der Waals surface area contributed by atoms with Crippen molar-refractivity contribution in [2.45, 2.75) is 49.1 Å². The lowest BCUT2D eigenvalue weighted by Gasteiger charge is -2.23. The Bertz CT molecular complexity index is 738. The van der Waals surface area contributed by atoms with E-state index in [0.717, 1.165) is 0 Å². The first-order chi connectivity index (χ1) is 10.8. The van der Waals surface area contributed by atoms with Gasteiger partial charge in [-0.15, -0.1) is 5.10 Å². The number of nitrogens with zero attached hydrogens (tertiary/aromatic N) is 4. The molecule has 4 N–H and O–H groups in total. The van der Waals surface area contributed by atoms with Gasteiger partial charge in [0, 0.05) is 0 Å². The molecule has 0 saturated carbocycles. The minimum atomic E-state index is -2.11. The van der Waals surface area contributed by atoms with Crippen molar-refractivity contribution in [1.29, 1.82) is 0 Å². The molecule has 3 heterocycles. The monoisotopic (exact) mass is 343 g/mol. The molecule has 0 aliphatic carbocycles. The lowest BCUT2D eigenvalue weighted by atomic mass is 9.92. The van der Waals surface area contributed by atoms with Crippen molar-refractivity contribution in [3.8, 4) is 0 Å². The average Bonchev–Trinajstić information content (AvgIpc) is 2.99. The van der Waals surface area contributed by atoms with Gasteiger partial charge in [-0.1, -0.05) is 11.8 Å². The molecule has 5 atom stereocenters. The van der Waals surface area contributed by atoms with Crippen LogP contribution in [0.15, 0.2) is 11.4 Å². The Labute approximate surface area is 135 Å². The van der Waals surface area contributed by atoms with Crippen LogP contribution in [0, 0.1) is 0 Å². The Morgan fingerprint density at radius 3 is 2.83 bits per heavy atom. The summed E-state index contributed by atoms with van der Waals surface area (Å²) >= 11 is 1.28. The number of halogens is 1. The number of aliphatic hydroxyl groups is 2. The summed E-state index contributed by atoms with van der Waals surface area (Å²) in [6.45, 7) is 2.66. The van der Waals surface area contributed by atoms with Crippen LogP contribution in [0.2, 0.25) is 0 Å². The first-order valence-electron chi connectivity index (χ1n) is 7.03. The number of rotatable bonds is 3. The molecule has 8 nitrogen and oxygen atoms in total. The predicted molar refractivity (Wildman–Crippen MR) is 81.8 cm³/mol. The van der Waals surface area contributed by atoms with E-state index in [1.807, 2.05) is 0 Å². The lowest BCUT2D eigenvalue weighted by molar-refractivity contribution is -0.0600. The van der Waals surface area contributed by atoms with Gasteiger partial charge in [0.2, 0.25) is 5.16 Å². The first-order valence-corrected chi connectivity index (χ1v) is 8.25. The predicted octanol–water partition coefficient (Wildman–Crippen LogP) is 0.338. The molecule has 1 aliphatic rings. The Balaban J connectivity index is 2.11. The number of anilines is 1. The van der Waals surface area contributed by atoms with Gasteiger partial charge in [0.25, 0.3) is 0 Å². The number of nitrogens with two attached hydrogens (primary N) is 1. The van der Waals surface area contributed by atoms with E-state index in [-0.39, 0.29) is 11.5 Å². The third kappa shape index (κ3) is 2.45. The molecular formula is C13H18FN5O3S. The summed E-state index contributed by atoms with van der Waals surface area (Å²) in [5.74, 6) is 0.168. The largest absolute Gasteiger partial charge is 0.391 e. The summed E-state index contributed by atoms with van der Waals surface area (Å²) in [6, 6.07) is 0. The van der Waals surface area contributed by atoms with E-state index in [1.165, 1.54) is 36.3 Å². The number of alkyl halides is 1. The van der Waals surface area contributed by atoms with Crippen LogP contribution < -0.4 is 5.73 Å². The molecule has 1 aliphatic heterocycles. The minimum absolute atomic E-state index is 0.168. The molecule has 0 spiro atoms. The van der Waals surface area contributed by atoms with E-state index in [0.29, 0.717) is 10.9 Å². The molecule has 0 bridgehead atoms. The van der Waals surface area contributed by atoms with E-state index in [1.54, 1.807) is 6.26 Å². The molecule has 0 aromatic carbocycles. The third-order valence-electron chi connectivity index (χ3n) is 4.02. The van der Waals surface area contributed by atoms with Crippen molar-refractivity contribution in [3.05, 3.63) is 11.9 Å². The maximum Gasteiger partial charge on any atom is 0.209 e. The molecule has 1 fully saturated rings. The highest BCUT2D eigenvalue weighted by molar-refractivity contribution is 7.98. The number of aromatic nitrogens is 4. The second kappa shape index (κ2) is 5.55. The van der Waals surface area contributed by atoms with Crippen LogP contribution in [0.4, 0.5) is 10.2 Å². The molecular weight excluding hydrogens is 325 g/mol. The highest BCUT2D eigenvalue weighted by Gasteiger charge is 2.56. The van der Waals surface area contributed by atoms with Crippen molar-refractivity contribution in [1.82, 2.24) is 19.6 Å². The number of hydrogen-bond acceptors (Lipinski definition) is 8. The molecule has 0 radical (unpaired) electrons. The van der Waals surface area contributed by atoms with Gasteiger partial charge >= 0.3 is 0 Å². The van der Waals surface area contributed by atoms with Gasteiger partial charge in [0.15, 0.2) is 17.1 Å². The number of hydrogen-bond donors (Lipinski definition) is 3. The molecule has 126 valence electrons. The molecule has 23 heavy (non-hydrogen) atoms. The second-order valence-electron chi connectivity index (χ2n) is 5.72. The standard InChI is InChI=1S/C13H18FN5O3S/c1-5(20)7-8(21)13(2,14)9(22-7)6-4-16-11-10(15)17-12(23-3)18-19(6)11/h4-5,7-9,20-21H,1-3H3,(H2,15,17,18)/t5-,7+,8+,9-,13+/m0/s1. The van der Waals surface area contributed by atoms with Crippen molar-refractivity contribution in [2.75, 3.05) is 12.0 Å². The molecule has 2 aromatic rings. The van der Waals surface area contributed by atoms with E-state index in [2.05, 4.69) is 15.1 Å². The zero-order chi connectivity index (χ0) is 16.9. The summed E-state index contributed by atoms with van der Waals surface area (Å²) < 4.78 is 22.0. The molecule has 0 amide bonds. The quantitative estimate of drug-likeness (QED) is 0.683. The minimum Gasteiger partial charge on any atom is -0.391 e. The summed E-state index contributed by atoms with van der Waals surface area (Å²) in [5, 5.41) is 24.5. The van der Waals surface area contributed by atoms with Crippen LogP contribution in [-0.4, -0.2) is 60.0 Å². The summed E-state index contributed by atoms with van der Waals surface area (Å²) in [4.78, 5) is 8.19. The molecule has 3 rings (SSSR count). The first kappa shape index (κ1) is 16.4. The average molecular weight is 343 g/mol. The summed E-state index contributed by atoms with van der Waals surface area (Å²) in [6.07, 6.45) is -1.50. The van der Waals surface area contributed by atoms with Crippen LogP contribution in [0.1, 0.15) is 25.6 Å². The van der Waals surface area contributed by atoms with Crippen LogP contribution >= 0.6 is 11.8 Å². The zero-order valence-electron chi connectivity index (χ0n) is 12.8. The Morgan fingerprint density at radius 1 is 1.57 bits per heavy atom. The number of fused-ring (bicyclic) bond motifs is 1. The van der Waals surface area contributed by atoms with E-state index < -0.39 is 30.1 Å². The van der Waals surface area contributed by atoms with Gasteiger partial charge in [0.1, 0.15) is 18.3 Å². The van der Waals surface area contributed by atoms with Gasteiger partial charge < -0.3 is 20.7 Å². The van der Waals surface area contributed by atoms with E-state index in [9.17, 15) is 10.2 Å². The van der Waals surface area contributed by atoms with E-state index >= 15 is 4.39 Å². The SMILES string of the molecule is CSc1nc(N)c2ncc([C@@H]3O[C@H]([C@H](C)O)[C@@H](O)[C@@]3(C)F)n2n1. The Hall–Kier alpha value is -1.49. The Morgan fingerprint density at radius 2 is 2.26 bits per heavy atom. The fourth-order valence-electron chi connectivity index (χ4n) is 2.74. The number of aliphatic hydroxyl groups excluding tert-OH is 2. The van der Waals surface area contributed by atoms with Crippen molar-refractivity contribution < 1.29 is 19.3 Å². The highest BCUT2D eigenvalue weighted by atomic mass is 32.2. The zero-order valence-corrected chi connectivity index (χ0v) is 13.7. The van der Waals surface area contributed by atoms with Crippen molar-refractivity contribution >= 4 is 23.2 Å². The molecule has 10 heteroatoms. The van der Waals surface area contributed by atoms with Gasteiger partial charge in [0.05, 0.1) is 18.0 Å². The maximum absolute atomic E-state index is 15.0. The number of thioether (sulfide) groups is 1. The van der Waals surface area contributed by atoms with Gasteiger partial charge in [-0.2, -0.15) is 0 Å². The van der Waals surface area contributed by atoms with Crippen LogP contribution in [0.25, 0.3) is 5.65 Å². The van der Waals surface area contributed by atoms with Crippen molar-refractivity contribution in [3.63, 3.8) is 0 Å². The van der Waals surface area contributed by atoms with Gasteiger partial charge in [-0.25, -0.2) is 18.9 Å². The second-order valence-corrected chi connectivity index (χ2v) is 6.49. The lowest BCUT2D eigenvalue weighted by Crippen LogP contribution is -2.42. The number of ether oxygens (including phenoxy) is 1. The maximum atomic E-state index is 15.0. The summed E-state index contributed by atoms with van der Waals surface area (Å²) in [5.41, 5.74) is 4.32. The molecule has 0 unspecified atom stereocenters. The van der Waals surface area contributed by atoms with Gasteiger partial charge in [-0.05, 0) is 20.1 Å². The highest BCUT2D eigenvalue weighted by Crippen LogP contribution is 2.45. The topological polar surface area (TPSA) is 119 Å². The van der Waals surface area contributed by atoms with Gasteiger partial charge in [-0.3, -0.25) is 0 Å². The van der Waals surface area contributed by atoms with Crippen LogP contribution in [0.3, 0.4) is 0 Å². The fraction of sp³-hybridized carbons (Fsp3) is 0.615. The third-order valence-corrected chi connectivity index (χ3v) is 4.56. The van der Waals surface area contributed by atoms with Crippen molar-refractivity contribution in [2.24, 2.45) is 0 Å². The fourth-order valence-corrected chi connectivity index (χ4v) is 3.10. The van der Waals surface area contributed by atoms with E-state index in [4.69, 9.17) is 10.5 Å². The number of nitrogen functional groups attached to an aromatic ring is 1. The smallest absolute Gasteiger partial charge is 0.209 e.